The zero-order valence-electron chi connectivity index (χ0n) is 11.4. The lowest BCUT2D eigenvalue weighted by molar-refractivity contribution is -0.148. The van der Waals surface area contributed by atoms with Crippen LogP contribution in [0.25, 0.3) is 0 Å². The number of carbonyl (C=O) groups excluding carboxylic acids is 1. The van der Waals surface area contributed by atoms with Crippen molar-refractivity contribution >= 4 is 12.0 Å². The van der Waals surface area contributed by atoms with Crippen LogP contribution in [0.4, 0.5) is 4.79 Å². The van der Waals surface area contributed by atoms with E-state index >= 15 is 0 Å². The highest BCUT2D eigenvalue weighted by molar-refractivity contribution is 5.87. The summed E-state index contributed by atoms with van der Waals surface area (Å²) in [7, 11) is 0. The predicted octanol–water partition coefficient (Wildman–Crippen LogP) is 1.93. The van der Waals surface area contributed by atoms with Crippen LogP contribution in [0.15, 0.2) is 30.3 Å². The predicted molar refractivity (Wildman–Crippen MR) is 75.5 cm³/mol. The van der Waals surface area contributed by atoms with Gasteiger partial charge < -0.3 is 15.7 Å². The summed E-state index contributed by atoms with van der Waals surface area (Å²) in [5, 5.41) is 14.4. The van der Waals surface area contributed by atoms with Crippen LogP contribution < -0.4 is 10.6 Å². The summed E-state index contributed by atoms with van der Waals surface area (Å²) < 4.78 is 0. The Kier molecular flexibility index (Phi) is 4.61. The number of carbonyl (C=O) groups is 2. The number of nitrogens with one attached hydrogen (secondary N) is 2. The van der Waals surface area contributed by atoms with Crippen LogP contribution in [0.2, 0.25) is 0 Å². The number of urea groups is 1. The Morgan fingerprint density at radius 1 is 1.20 bits per heavy atom. The van der Waals surface area contributed by atoms with Crippen molar-refractivity contribution in [1.82, 2.24) is 10.6 Å². The van der Waals surface area contributed by atoms with Gasteiger partial charge in [0.05, 0.1) is 0 Å². The smallest absolute Gasteiger partial charge is 0.329 e. The van der Waals surface area contributed by atoms with Gasteiger partial charge in [-0.3, -0.25) is 0 Å². The lowest BCUT2D eigenvalue weighted by Crippen LogP contribution is -2.61. The summed E-state index contributed by atoms with van der Waals surface area (Å²) in [4.78, 5) is 22.8. The Morgan fingerprint density at radius 2 is 1.90 bits per heavy atom. The number of aryl methyl sites for hydroxylation is 1. The first-order valence-corrected chi connectivity index (χ1v) is 6.96. The number of carboxylic acids is 1. The standard InChI is InChI=1S/C15H20N2O3/c18-13(19)15(9-5-10-15)17-14(20)16-11-4-8-12-6-2-1-3-7-12/h1-3,6-7H,4-5,8-11H2,(H,18,19)(H2,16,17,20). The number of hydrogen-bond donors (Lipinski definition) is 3. The highest BCUT2D eigenvalue weighted by Crippen LogP contribution is 2.31. The summed E-state index contributed by atoms with van der Waals surface area (Å²) in [6, 6.07) is 9.66. The minimum absolute atomic E-state index is 0.389. The van der Waals surface area contributed by atoms with E-state index in [0.717, 1.165) is 19.3 Å². The molecule has 1 aliphatic carbocycles. The molecule has 3 N–H and O–H groups in total. The van der Waals surface area contributed by atoms with Crippen molar-refractivity contribution in [1.29, 1.82) is 0 Å². The van der Waals surface area contributed by atoms with Crippen LogP contribution in [0, 0.1) is 0 Å². The number of benzene rings is 1. The Bertz CT molecular complexity index is 469. The normalized spacial score (nSPS) is 16.0. The topological polar surface area (TPSA) is 78.4 Å². The van der Waals surface area contributed by atoms with Gasteiger partial charge in [-0.1, -0.05) is 30.3 Å². The molecule has 108 valence electrons. The molecule has 0 unspecified atom stereocenters. The largest absolute Gasteiger partial charge is 0.480 e. The average Bonchev–Trinajstić information content (AvgIpc) is 2.40. The van der Waals surface area contributed by atoms with Gasteiger partial charge in [-0.15, -0.1) is 0 Å². The van der Waals surface area contributed by atoms with Crippen molar-refractivity contribution in [3.63, 3.8) is 0 Å². The quantitative estimate of drug-likeness (QED) is 0.695. The first kappa shape index (κ1) is 14.4. The van der Waals surface area contributed by atoms with Crippen LogP contribution in [0.3, 0.4) is 0 Å². The highest BCUT2D eigenvalue weighted by Gasteiger charge is 2.45. The van der Waals surface area contributed by atoms with Crippen molar-refractivity contribution in [2.75, 3.05) is 6.54 Å². The Balaban J connectivity index is 1.67. The molecule has 0 heterocycles. The lowest BCUT2D eigenvalue weighted by atomic mass is 9.77. The maximum atomic E-state index is 11.7. The van der Waals surface area contributed by atoms with Crippen LogP contribution in [0.5, 0.6) is 0 Å². The molecule has 20 heavy (non-hydrogen) atoms. The fourth-order valence-electron chi connectivity index (χ4n) is 2.32. The van der Waals surface area contributed by atoms with E-state index in [2.05, 4.69) is 10.6 Å². The second-order valence-corrected chi connectivity index (χ2v) is 5.21. The molecule has 0 bridgehead atoms. The third-order valence-corrected chi connectivity index (χ3v) is 3.74. The van der Waals surface area contributed by atoms with Gasteiger partial charge in [0.1, 0.15) is 5.54 Å². The lowest BCUT2D eigenvalue weighted by Gasteiger charge is -2.38. The molecular formula is C15H20N2O3. The van der Waals surface area contributed by atoms with Crippen molar-refractivity contribution in [2.45, 2.75) is 37.6 Å². The molecule has 0 spiro atoms. The third-order valence-electron chi connectivity index (χ3n) is 3.74. The molecule has 0 atom stereocenters. The second-order valence-electron chi connectivity index (χ2n) is 5.21. The number of aliphatic carboxylic acids is 1. The summed E-state index contributed by atoms with van der Waals surface area (Å²) >= 11 is 0. The van der Waals surface area contributed by atoms with Gasteiger partial charge in [0, 0.05) is 6.54 Å². The fraction of sp³-hybridized carbons (Fsp3) is 0.467. The zero-order chi connectivity index (χ0) is 14.4. The van der Waals surface area contributed by atoms with E-state index in [9.17, 15) is 9.59 Å². The molecule has 1 aromatic rings. The van der Waals surface area contributed by atoms with Crippen molar-refractivity contribution in [3.8, 4) is 0 Å². The fourth-order valence-corrected chi connectivity index (χ4v) is 2.32. The van der Waals surface area contributed by atoms with Crippen molar-refractivity contribution in [3.05, 3.63) is 35.9 Å². The van der Waals surface area contributed by atoms with Crippen LogP contribution in [0.1, 0.15) is 31.2 Å². The maximum absolute atomic E-state index is 11.7. The van der Waals surface area contributed by atoms with Gasteiger partial charge in [-0.05, 0) is 37.7 Å². The Labute approximate surface area is 118 Å². The molecule has 2 rings (SSSR count). The van der Waals surface area contributed by atoms with E-state index in [-0.39, 0.29) is 6.03 Å². The molecule has 1 aromatic carbocycles. The number of amides is 2. The number of rotatable bonds is 6. The summed E-state index contributed by atoms with van der Waals surface area (Å²) in [5.74, 6) is -0.941. The molecule has 1 fully saturated rings. The molecule has 1 aliphatic rings. The monoisotopic (exact) mass is 276 g/mol. The van der Waals surface area contributed by atoms with Crippen molar-refractivity contribution < 1.29 is 14.7 Å². The number of hydrogen-bond acceptors (Lipinski definition) is 2. The summed E-state index contributed by atoms with van der Waals surface area (Å²) in [6.07, 6.45) is 3.60. The van der Waals surface area contributed by atoms with Gasteiger partial charge in [0.15, 0.2) is 0 Å². The first-order valence-electron chi connectivity index (χ1n) is 6.96. The van der Waals surface area contributed by atoms with Crippen LogP contribution in [-0.2, 0) is 11.2 Å². The van der Waals surface area contributed by atoms with E-state index in [1.54, 1.807) is 0 Å². The average molecular weight is 276 g/mol. The maximum Gasteiger partial charge on any atom is 0.329 e. The van der Waals surface area contributed by atoms with Gasteiger partial charge in [0.2, 0.25) is 0 Å². The van der Waals surface area contributed by atoms with Gasteiger partial charge in [-0.2, -0.15) is 0 Å². The molecule has 0 aromatic heterocycles. The van der Waals surface area contributed by atoms with E-state index in [0.29, 0.717) is 19.4 Å². The summed E-state index contributed by atoms with van der Waals surface area (Å²) in [6.45, 7) is 0.538. The van der Waals surface area contributed by atoms with E-state index < -0.39 is 11.5 Å². The second kappa shape index (κ2) is 6.41. The molecule has 0 aliphatic heterocycles. The first-order chi connectivity index (χ1) is 9.62. The zero-order valence-corrected chi connectivity index (χ0v) is 11.4. The summed E-state index contributed by atoms with van der Waals surface area (Å²) in [5.41, 5.74) is 0.194. The third kappa shape index (κ3) is 3.50. The molecule has 5 heteroatoms. The molecule has 0 saturated heterocycles. The van der Waals surface area contributed by atoms with Crippen LogP contribution in [-0.4, -0.2) is 29.2 Å². The highest BCUT2D eigenvalue weighted by atomic mass is 16.4. The minimum Gasteiger partial charge on any atom is -0.480 e. The molecule has 0 radical (unpaired) electrons. The van der Waals surface area contributed by atoms with Gasteiger partial charge >= 0.3 is 12.0 Å². The number of carboxylic acid groups (broad SMARTS) is 1. The van der Waals surface area contributed by atoms with Gasteiger partial charge in [-0.25, -0.2) is 9.59 Å². The van der Waals surface area contributed by atoms with Crippen molar-refractivity contribution in [2.24, 2.45) is 0 Å². The van der Waals surface area contributed by atoms with Gasteiger partial charge in [0.25, 0.3) is 0 Å². The van der Waals surface area contributed by atoms with E-state index in [1.165, 1.54) is 5.56 Å². The molecule has 1 saturated carbocycles. The molecular weight excluding hydrogens is 256 g/mol. The Hall–Kier alpha value is -2.04. The van der Waals surface area contributed by atoms with Crippen LogP contribution >= 0.6 is 0 Å². The molecule has 5 nitrogen and oxygen atoms in total. The van der Waals surface area contributed by atoms with E-state index in [4.69, 9.17) is 5.11 Å². The minimum atomic E-state index is -1.04. The Morgan fingerprint density at radius 3 is 2.45 bits per heavy atom. The SMILES string of the molecule is O=C(NCCCc1ccccc1)NC1(C(=O)O)CCC1. The van der Waals surface area contributed by atoms with E-state index in [1.807, 2.05) is 30.3 Å². The molecule has 2 amide bonds.